The van der Waals surface area contributed by atoms with Crippen LogP contribution in [0.5, 0.6) is 0 Å². The lowest BCUT2D eigenvalue weighted by atomic mass is 10.2. The Labute approximate surface area is 147 Å². The third-order valence-corrected chi connectivity index (χ3v) is 4.35. The van der Waals surface area contributed by atoms with Gasteiger partial charge in [-0.1, -0.05) is 6.92 Å². The predicted octanol–water partition coefficient (Wildman–Crippen LogP) is 2.52. The van der Waals surface area contributed by atoms with E-state index in [9.17, 15) is 4.79 Å². The standard InChI is InChI=1S/C18H26N4O3/c1-3-15-5-6-17(25-15)16-13-24-10-9-22(16)18(23)19-7-4-8-21-12-14(2)11-20-21/h5-6,11-12,16H,3-4,7-10,13H2,1-2H3,(H,19,23)/t16-/m1/s1. The number of morpholine rings is 1. The van der Waals surface area contributed by atoms with Gasteiger partial charge in [0.25, 0.3) is 0 Å². The van der Waals surface area contributed by atoms with Crippen molar-refractivity contribution >= 4 is 6.03 Å². The molecule has 25 heavy (non-hydrogen) atoms. The zero-order valence-electron chi connectivity index (χ0n) is 14.9. The second-order valence-electron chi connectivity index (χ2n) is 6.31. The molecular formula is C18H26N4O3. The van der Waals surface area contributed by atoms with Gasteiger partial charge < -0.3 is 19.4 Å². The lowest BCUT2D eigenvalue weighted by molar-refractivity contribution is 0.00401. The zero-order chi connectivity index (χ0) is 17.6. The van der Waals surface area contributed by atoms with Gasteiger partial charge in [0.2, 0.25) is 0 Å². The number of carbonyl (C=O) groups excluding carboxylic acids is 1. The fourth-order valence-corrected chi connectivity index (χ4v) is 2.97. The lowest BCUT2D eigenvalue weighted by Crippen LogP contribution is -2.48. The second-order valence-corrected chi connectivity index (χ2v) is 6.31. The fourth-order valence-electron chi connectivity index (χ4n) is 2.97. The topological polar surface area (TPSA) is 72.5 Å². The molecule has 3 rings (SSSR count). The van der Waals surface area contributed by atoms with Crippen molar-refractivity contribution in [3.8, 4) is 0 Å². The first-order valence-electron chi connectivity index (χ1n) is 8.87. The molecule has 1 N–H and O–H groups in total. The van der Waals surface area contributed by atoms with Crippen LogP contribution in [0.4, 0.5) is 4.79 Å². The van der Waals surface area contributed by atoms with Crippen LogP contribution in [0, 0.1) is 6.92 Å². The van der Waals surface area contributed by atoms with Crippen LogP contribution in [-0.4, -0.2) is 47.0 Å². The number of aryl methyl sites for hydroxylation is 3. The van der Waals surface area contributed by atoms with E-state index in [2.05, 4.69) is 10.4 Å². The van der Waals surface area contributed by atoms with Gasteiger partial charge in [-0.3, -0.25) is 4.68 Å². The van der Waals surface area contributed by atoms with E-state index in [0.717, 1.165) is 36.5 Å². The van der Waals surface area contributed by atoms with Crippen LogP contribution in [0.1, 0.15) is 36.5 Å². The van der Waals surface area contributed by atoms with Crippen molar-refractivity contribution in [1.29, 1.82) is 0 Å². The summed E-state index contributed by atoms with van der Waals surface area (Å²) in [6.07, 6.45) is 5.52. The van der Waals surface area contributed by atoms with Crippen LogP contribution in [0.3, 0.4) is 0 Å². The van der Waals surface area contributed by atoms with Gasteiger partial charge in [0.15, 0.2) is 0 Å². The molecule has 1 aliphatic heterocycles. The molecule has 0 saturated carbocycles. The molecule has 3 heterocycles. The SMILES string of the molecule is CCc1ccc([C@H]2COCCN2C(=O)NCCCn2cc(C)cn2)o1. The summed E-state index contributed by atoms with van der Waals surface area (Å²) < 4.78 is 13.3. The Morgan fingerprint density at radius 1 is 1.44 bits per heavy atom. The highest BCUT2D eigenvalue weighted by Gasteiger charge is 2.30. The summed E-state index contributed by atoms with van der Waals surface area (Å²) >= 11 is 0. The van der Waals surface area contributed by atoms with Gasteiger partial charge in [-0.2, -0.15) is 5.10 Å². The highest BCUT2D eigenvalue weighted by Crippen LogP contribution is 2.26. The summed E-state index contributed by atoms with van der Waals surface area (Å²) in [4.78, 5) is 14.4. The minimum atomic E-state index is -0.164. The molecule has 0 spiro atoms. The minimum Gasteiger partial charge on any atom is -0.464 e. The van der Waals surface area contributed by atoms with Gasteiger partial charge in [0, 0.05) is 32.3 Å². The van der Waals surface area contributed by atoms with Crippen LogP contribution in [-0.2, 0) is 17.7 Å². The second kappa shape index (κ2) is 8.20. The van der Waals surface area contributed by atoms with E-state index in [0.29, 0.717) is 26.3 Å². The lowest BCUT2D eigenvalue weighted by Gasteiger charge is -2.34. The van der Waals surface area contributed by atoms with Crippen molar-refractivity contribution in [2.75, 3.05) is 26.3 Å². The normalized spacial score (nSPS) is 17.7. The molecule has 1 aliphatic rings. The molecule has 7 nitrogen and oxygen atoms in total. The summed E-state index contributed by atoms with van der Waals surface area (Å²) in [5.74, 6) is 1.72. The van der Waals surface area contributed by atoms with Crippen LogP contribution < -0.4 is 5.32 Å². The van der Waals surface area contributed by atoms with Gasteiger partial charge in [-0.05, 0) is 31.0 Å². The minimum absolute atomic E-state index is 0.0700. The van der Waals surface area contributed by atoms with Crippen molar-refractivity contribution in [3.63, 3.8) is 0 Å². The summed E-state index contributed by atoms with van der Waals surface area (Å²) in [7, 11) is 0. The number of urea groups is 1. The summed E-state index contributed by atoms with van der Waals surface area (Å²) in [5, 5.41) is 7.25. The Hall–Kier alpha value is -2.28. The van der Waals surface area contributed by atoms with Crippen molar-refractivity contribution in [1.82, 2.24) is 20.0 Å². The number of aromatic nitrogens is 2. The quantitative estimate of drug-likeness (QED) is 0.816. The summed E-state index contributed by atoms with van der Waals surface area (Å²) in [6, 6.07) is 3.67. The molecule has 0 bridgehead atoms. The first kappa shape index (κ1) is 17.5. The van der Waals surface area contributed by atoms with Crippen molar-refractivity contribution in [3.05, 3.63) is 41.6 Å². The van der Waals surface area contributed by atoms with E-state index in [1.807, 2.05) is 43.1 Å². The Morgan fingerprint density at radius 2 is 2.32 bits per heavy atom. The summed E-state index contributed by atoms with van der Waals surface area (Å²) in [5.41, 5.74) is 1.14. The number of nitrogens with one attached hydrogen (secondary N) is 1. The molecule has 2 amide bonds. The maximum absolute atomic E-state index is 12.6. The number of ether oxygens (including phenoxy) is 1. The van der Waals surface area contributed by atoms with Gasteiger partial charge in [-0.15, -0.1) is 0 Å². The number of amides is 2. The first-order chi connectivity index (χ1) is 12.2. The molecule has 0 radical (unpaired) electrons. The van der Waals surface area contributed by atoms with Gasteiger partial charge in [0.1, 0.15) is 17.6 Å². The first-order valence-corrected chi connectivity index (χ1v) is 8.87. The van der Waals surface area contributed by atoms with Crippen molar-refractivity contribution in [2.24, 2.45) is 0 Å². The highest BCUT2D eigenvalue weighted by atomic mass is 16.5. The molecule has 7 heteroatoms. The monoisotopic (exact) mass is 346 g/mol. The average molecular weight is 346 g/mol. The Morgan fingerprint density at radius 3 is 3.04 bits per heavy atom. The largest absolute Gasteiger partial charge is 0.464 e. The van der Waals surface area contributed by atoms with Gasteiger partial charge in [-0.25, -0.2) is 4.79 Å². The Bertz CT molecular complexity index is 694. The molecule has 2 aromatic heterocycles. The highest BCUT2D eigenvalue weighted by molar-refractivity contribution is 5.74. The molecule has 0 unspecified atom stereocenters. The molecule has 1 atom stereocenters. The molecule has 1 saturated heterocycles. The number of nitrogens with zero attached hydrogens (tertiary/aromatic N) is 3. The maximum atomic E-state index is 12.6. The average Bonchev–Trinajstić information content (AvgIpc) is 3.27. The van der Waals surface area contributed by atoms with E-state index in [-0.39, 0.29) is 12.1 Å². The third-order valence-electron chi connectivity index (χ3n) is 4.35. The van der Waals surface area contributed by atoms with E-state index < -0.39 is 0 Å². The third kappa shape index (κ3) is 4.42. The fraction of sp³-hybridized carbons (Fsp3) is 0.556. The van der Waals surface area contributed by atoms with Crippen LogP contribution in [0.15, 0.2) is 28.9 Å². The molecular weight excluding hydrogens is 320 g/mol. The van der Waals surface area contributed by atoms with Gasteiger partial charge in [0.05, 0.1) is 19.4 Å². The Kier molecular flexibility index (Phi) is 5.75. The van der Waals surface area contributed by atoms with Gasteiger partial charge >= 0.3 is 6.03 Å². The van der Waals surface area contributed by atoms with E-state index in [4.69, 9.17) is 9.15 Å². The number of rotatable bonds is 6. The number of carbonyl (C=O) groups is 1. The smallest absolute Gasteiger partial charge is 0.318 e. The molecule has 1 fully saturated rings. The van der Waals surface area contributed by atoms with E-state index in [1.165, 1.54) is 0 Å². The van der Waals surface area contributed by atoms with Crippen molar-refractivity contribution in [2.45, 2.75) is 39.3 Å². The predicted molar refractivity (Wildman–Crippen MR) is 93.3 cm³/mol. The number of furan rings is 1. The molecule has 0 aliphatic carbocycles. The van der Waals surface area contributed by atoms with Crippen molar-refractivity contribution < 1.29 is 13.9 Å². The van der Waals surface area contributed by atoms with E-state index >= 15 is 0 Å². The van der Waals surface area contributed by atoms with Crippen LogP contribution in [0.2, 0.25) is 0 Å². The number of hydrogen-bond donors (Lipinski definition) is 1. The Balaban J connectivity index is 1.51. The van der Waals surface area contributed by atoms with Crippen LogP contribution >= 0.6 is 0 Å². The molecule has 2 aromatic rings. The maximum Gasteiger partial charge on any atom is 0.318 e. The summed E-state index contributed by atoms with van der Waals surface area (Å²) in [6.45, 7) is 7.05. The molecule has 0 aromatic carbocycles. The molecule has 136 valence electrons. The zero-order valence-corrected chi connectivity index (χ0v) is 14.9. The van der Waals surface area contributed by atoms with Crippen LogP contribution in [0.25, 0.3) is 0 Å². The van der Waals surface area contributed by atoms with E-state index in [1.54, 1.807) is 4.90 Å². The number of hydrogen-bond acceptors (Lipinski definition) is 4.